The first kappa shape index (κ1) is 29.3. The molecule has 212 valence electrons. The smallest absolute Gasteiger partial charge is 0.370 e. The normalized spacial score (nSPS) is 14.3. The second-order valence-corrected chi connectivity index (χ2v) is 10.6. The number of ketones is 1. The number of hydrogen-bond acceptors (Lipinski definition) is 9. The van der Waals surface area contributed by atoms with Gasteiger partial charge in [-0.3, -0.25) is 14.4 Å². The quantitative estimate of drug-likeness (QED) is 0.233. The number of likely N-dealkylation sites (tertiary alicyclic amines) is 1. The molecule has 1 unspecified atom stereocenters. The van der Waals surface area contributed by atoms with Gasteiger partial charge in [0, 0.05) is 50.7 Å². The van der Waals surface area contributed by atoms with Crippen LogP contribution in [-0.4, -0.2) is 62.1 Å². The van der Waals surface area contributed by atoms with Gasteiger partial charge in [0.2, 0.25) is 5.91 Å². The van der Waals surface area contributed by atoms with Crippen molar-refractivity contribution in [1.82, 2.24) is 24.8 Å². The fourth-order valence-electron chi connectivity index (χ4n) is 4.03. The van der Waals surface area contributed by atoms with Gasteiger partial charge in [-0.1, -0.05) is 18.5 Å². The molecule has 4 rings (SSSR count). The zero-order valence-electron chi connectivity index (χ0n) is 21.3. The van der Waals surface area contributed by atoms with E-state index in [-0.39, 0.29) is 40.4 Å². The van der Waals surface area contributed by atoms with Crippen LogP contribution in [0.25, 0.3) is 0 Å². The van der Waals surface area contributed by atoms with Gasteiger partial charge in [0.1, 0.15) is 28.5 Å². The Morgan fingerprint density at radius 3 is 2.67 bits per heavy atom. The molecule has 40 heavy (non-hydrogen) atoms. The van der Waals surface area contributed by atoms with Gasteiger partial charge in [-0.05, 0) is 18.9 Å². The highest BCUT2D eigenvalue weighted by atomic mass is 35.5. The van der Waals surface area contributed by atoms with Gasteiger partial charge in [-0.25, -0.2) is 19.9 Å². The molecule has 1 aliphatic heterocycles. The molecule has 0 bridgehead atoms. The number of thiazole rings is 1. The number of anilines is 2. The number of carbonyl (C=O) groups excluding carboxylic acids is 3. The highest BCUT2D eigenvalue weighted by Crippen LogP contribution is 2.35. The number of pyridine rings is 1. The monoisotopic (exact) mass is 595 g/mol. The summed E-state index contributed by atoms with van der Waals surface area (Å²) in [7, 11) is 0. The number of nitrogens with zero attached hydrogens (tertiary/aromatic N) is 5. The Kier molecular flexibility index (Phi) is 9.30. The van der Waals surface area contributed by atoms with Crippen molar-refractivity contribution in [3.05, 3.63) is 57.0 Å². The summed E-state index contributed by atoms with van der Waals surface area (Å²) in [5.74, 6) is -0.921. The van der Waals surface area contributed by atoms with E-state index in [1.807, 2.05) is 4.90 Å². The summed E-state index contributed by atoms with van der Waals surface area (Å²) < 4.78 is 39.2. The Morgan fingerprint density at radius 1 is 1.15 bits per heavy atom. The average molecular weight is 596 g/mol. The Morgan fingerprint density at radius 2 is 1.95 bits per heavy atom. The van der Waals surface area contributed by atoms with Crippen LogP contribution in [0.3, 0.4) is 0 Å². The second kappa shape index (κ2) is 12.7. The van der Waals surface area contributed by atoms with Crippen LogP contribution in [0.5, 0.6) is 0 Å². The van der Waals surface area contributed by atoms with E-state index >= 15 is 0 Å². The molecule has 1 saturated heterocycles. The molecular weight excluding hydrogens is 571 g/mol. The third kappa shape index (κ3) is 7.50. The van der Waals surface area contributed by atoms with Crippen molar-refractivity contribution in [2.24, 2.45) is 0 Å². The van der Waals surface area contributed by atoms with Gasteiger partial charge < -0.3 is 15.5 Å². The van der Waals surface area contributed by atoms with E-state index in [0.717, 1.165) is 36.9 Å². The van der Waals surface area contributed by atoms with Gasteiger partial charge in [-0.15, -0.1) is 11.3 Å². The lowest BCUT2D eigenvalue weighted by Crippen LogP contribution is -2.27. The van der Waals surface area contributed by atoms with Crippen molar-refractivity contribution in [2.75, 3.05) is 30.3 Å². The first-order chi connectivity index (χ1) is 19.0. The number of alkyl halides is 3. The highest BCUT2D eigenvalue weighted by molar-refractivity contribution is 7.13. The molecule has 3 aromatic heterocycles. The molecular formula is C25H25ClF3N7O3S. The molecule has 1 aliphatic rings. The van der Waals surface area contributed by atoms with Crippen LogP contribution >= 0.6 is 22.9 Å². The zero-order valence-corrected chi connectivity index (χ0v) is 22.9. The summed E-state index contributed by atoms with van der Waals surface area (Å²) in [6.45, 7) is 3.81. The van der Waals surface area contributed by atoms with E-state index in [1.165, 1.54) is 12.5 Å². The summed E-state index contributed by atoms with van der Waals surface area (Å²) in [4.78, 5) is 55.3. The Balaban J connectivity index is 1.30. The molecule has 3 aromatic rings. The molecule has 1 atom stereocenters. The van der Waals surface area contributed by atoms with Crippen molar-refractivity contribution in [3.8, 4) is 0 Å². The molecule has 0 aromatic carbocycles. The second-order valence-electron chi connectivity index (χ2n) is 9.15. The number of amides is 2. The maximum Gasteiger partial charge on any atom is 0.418 e. The van der Waals surface area contributed by atoms with Crippen molar-refractivity contribution in [3.63, 3.8) is 0 Å². The third-order valence-electron chi connectivity index (χ3n) is 6.10. The van der Waals surface area contributed by atoms with E-state index in [0.29, 0.717) is 36.4 Å². The fraction of sp³-hybridized carbons (Fsp3) is 0.400. The van der Waals surface area contributed by atoms with Crippen LogP contribution in [0.15, 0.2) is 30.9 Å². The Bertz CT molecular complexity index is 1400. The number of rotatable bonds is 11. The Hall–Kier alpha value is -3.65. The SMILES string of the molecule is CC(CC(=O)c1cc(NCCCN2CCCC2=O)ncn1)c1ncc(C(=O)Nc2cc(C(F)(F)F)c(Cl)cn2)s1. The lowest BCUT2D eigenvalue weighted by atomic mass is 10.0. The van der Waals surface area contributed by atoms with E-state index in [2.05, 4.69) is 30.6 Å². The maximum absolute atomic E-state index is 13.1. The third-order valence-corrected chi connectivity index (χ3v) is 7.63. The fourth-order valence-corrected chi connectivity index (χ4v) is 5.10. The van der Waals surface area contributed by atoms with Gasteiger partial charge in [-0.2, -0.15) is 13.2 Å². The molecule has 2 N–H and O–H groups in total. The molecule has 2 amide bonds. The number of Topliss-reactive ketones (excluding diaryl/α,β-unsaturated/α-hetero) is 1. The predicted octanol–water partition coefficient (Wildman–Crippen LogP) is 5.05. The minimum atomic E-state index is -4.70. The van der Waals surface area contributed by atoms with Gasteiger partial charge in [0.05, 0.1) is 21.8 Å². The standard InChI is InChI=1S/C25H25ClF3N7O3S/c1-14(8-18(37)17-10-20(34-13-33-17)30-5-3-7-36-6-2-4-22(36)38)24-32-12-19(40-24)23(39)35-21-9-15(25(27,28)29)16(26)11-31-21/h9-14H,2-8H2,1H3,(H,30,33,34)(H,31,35,39). The first-order valence-electron chi connectivity index (χ1n) is 12.4. The van der Waals surface area contributed by atoms with Crippen LogP contribution in [-0.2, 0) is 11.0 Å². The molecule has 0 saturated carbocycles. The summed E-state index contributed by atoms with van der Waals surface area (Å²) in [6, 6.07) is 2.22. The molecule has 1 fully saturated rings. The zero-order chi connectivity index (χ0) is 28.9. The van der Waals surface area contributed by atoms with Crippen LogP contribution in [0.2, 0.25) is 5.02 Å². The number of carbonyl (C=O) groups is 3. The number of nitrogens with one attached hydrogen (secondary N) is 2. The minimum absolute atomic E-state index is 0.0653. The van der Waals surface area contributed by atoms with E-state index in [9.17, 15) is 27.6 Å². The summed E-state index contributed by atoms with van der Waals surface area (Å²) in [5, 5.41) is 5.38. The molecule has 0 spiro atoms. The molecule has 0 aliphatic carbocycles. The van der Waals surface area contributed by atoms with Crippen LogP contribution in [0.4, 0.5) is 24.8 Å². The number of hydrogen-bond donors (Lipinski definition) is 2. The minimum Gasteiger partial charge on any atom is -0.370 e. The van der Waals surface area contributed by atoms with E-state index < -0.39 is 22.7 Å². The average Bonchev–Trinajstić information content (AvgIpc) is 3.57. The van der Waals surface area contributed by atoms with Gasteiger partial charge in [0.25, 0.3) is 5.91 Å². The van der Waals surface area contributed by atoms with Crippen molar-refractivity contribution in [2.45, 2.75) is 44.7 Å². The van der Waals surface area contributed by atoms with Gasteiger partial charge >= 0.3 is 6.18 Å². The van der Waals surface area contributed by atoms with Crippen molar-refractivity contribution >= 4 is 52.2 Å². The molecule has 10 nitrogen and oxygen atoms in total. The topological polar surface area (TPSA) is 130 Å². The maximum atomic E-state index is 13.1. The summed E-state index contributed by atoms with van der Waals surface area (Å²) >= 11 is 6.59. The molecule has 0 radical (unpaired) electrons. The Labute approximate surface area is 236 Å². The largest absolute Gasteiger partial charge is 0.418 e. The summed E-state index contributed by atoms with van der Waals surface area (Å²) in [6.07, 6.45) is 1.01. The van der Waals surface area contributed by atoms with E-state index in [1.54, 1.807) is 13.0 Å². The molecule has 15 heteroatoms. The lowest BCUT2D eigenvalue weighted by Gasteiger charge is -2.15. The van der Waals surface area contributed by atoms with Crippen molar-refractivity contribution < 1.29 is 27.6 Å². The number of halogens is 4. The van der Waals surface area contributed by atoms with Crippen LogP contribution in [0.1, 0.15) is 69.3 Å². The van der Waals surface area contributed by atoms with Crippen LogP contribution in [0, 0.1) is 0 Å². The molecule has 4 heterocycles. The van der Waals surface area contributed by atoms with Crippen molar-refractivity contribution in [1.29, 1.82) is 0 Å². The highest BCUT2D eigenvalue weighted by Gasteiger charge is 2.34. The predicted molar refractivity (Wildman–Crippen MR) is 143 cm³/mol. The lowest BCUT2D eigenvalue weighted by molar-refractivity contribution is -0.137. The number of aromatic nitrogens is 4. The van der Waals surface area contributed by atoms with Crippen LogP contribution < -0.4 is 10.6 Å². The first-order valence-corrected chi connectivity index (χ1v) is 13.6. The van der Waals surface area contributed by atoms with Gasteiger partial charge in [0.15, 0.2) is 5.78 Å². The van der Waals surface area contributed by atoms with E-state index in [4.69, 9.17) is 11.6 Å². The summed E-state index contributed by atoms with van der Waals surface area (Å²) in [5.41, 5.74) is -0.888.